The second-order valence-electron chi connectivity index (χ2n) is 4.72. The fourth-order valence-corrected chi connectivity index (χ4v) is 3.00. The summed E-state index contributed by atoms with van der Waals surface area (Å²) in [6.07, 6.45) is 3.46. The summed E-state index contributed by atoms with van der Waals surface area (Å²) in [6.45, 7) is 0. The number of aromatic nitrogens is 2. The van der Waals surface area contributed by atoms with Crippen LogP contribution in [-0.2, 0) is 11.2 Å². The van der Waals surface area contributed by atoms with Gasteiger partial charge in [-0.15, -0.1) is 11.3 Å². The maximum atomic E-state index is 12.2. The molecule has 0 aliphatic carbocycles. The van der Waals surface area contributed by atoms with Crippen molar-refractivity contribution >= 4 is 34.0 Å². The van der Waals surface area contributed by atoms with Crippen LogP contribution in [0.1, 0.15) is 4.88 Å². The van der Waals surface area contributed by atoms with E-state index in [9.17, 15) is 4.79 Å². The zero-order valence-corrected chi connectivity index (χ0v) is 13.5. The molecule has 0 radical (unpaired) electrons. The summed E-state index contributed by atoms with van der Waals surface area (Å²) in [5.41, 5.74) is 1.64. The van der Waals surface area contributed by atoms with Crippen LogP contribution in [0.15, 0.2) is 36.0 Å². The minimum Gasteiger partial charge on any atom is -0.494 e. The lowest BCUT2D eigenvalue weighted by Crippen LogP contribution is -2.14. The first kappa shape index (κ1) is 15.2. The molecular formula is C16H15N3O3S. The summed E-state index contributed by atoms with van der Waals surface area (Å²) < 4.78 is 10.8. The molecular weight excluding hydrogens is 314 g/mol. The number of hydrogen-bond donors (Lipinski definition) is 1. The number of hydrogen-bond acceptors (Lipinski definition) is 6. The number of ether oxygens (including phenoxy) is 2. The molecule has 2 aromatic heterocycles. The number of nitrogens with zero attached hydrogens (tertiary/aromatic N) is 2. The van der Waals surface area contributed by atoms with Gasteiger partial charge in [0.25, 0.3) is 0 Å². The maximum Gasteiger partial charge on any atom is 0.229 e. The minimum atomic E-state index is -0.129. The predicted molar refractivity (Wildman–Crippen MR) is 89.3 cm³/mol. The van der Waals surface area contributed by atoms with Crippen LogP contribution in [0.25, 0.3) is 11.0 Å². The van der Waals surface area contributed by atoms with Crippen molar-refractivity contribution in [2.24, 2.45) is 0 Å². The molecule has 1 amide bonds. The highest BCUT2D eigenvalue weighted by Crippen LogP contribution is 2.37. The van der Waals surface area contributed by atoms with Crippen LogP contribution < -0.4 is 14.8 Å². The average molecular weight is 329 g/mol. The molecule has 0 atom stereocenters. The van der Waals surface area contributed by atoms with E-state index < -0.39 is 0 Å². The van der Waals surface area contributed by atoms with Gasteiger partial charge in [-0.25, -0.2) is 9.97 Å². The van der Waals surface area contributed by atoms with E-state index in [1.165, 1.54) is 7.11 Å². The Balaban J connectivity index is 1.97. The first-order valence-electron chi connectivity index (χ1n) is 6.91. The van der Waals surface area contributed by atoms with Crippen molar-refractivity contribution in [2.45, 2.75) is 6.42 Å². The standard InChI is InChI=1S/C16H15N3O3S/c1-21-12-9-11(19-13(20)8-10-4-3-7-23-10)16(22-2)15-14(12)17-5-6-18-15/h3-7,9H,8H2,1-2H3,(H,19,20). The molecule has 0 unspecified atom stereocenters. The van der Waals surface area contributed by atoms with Crippen LogP contribution in [0.4, 0.5) is 5.69 Å². The molecule has 2 heterocycles. The van der Waals surface area contributed by atoms with Gasteiger partial charge in [0.05, 0.1) is 26.3 Å². The van der Waals surface area contributed by atoms with Crippen LogP contribution >= 0.6 is 11.3 Å². The Labute approximate surface area is 137 Å². The van der Waals surface area contributed by atoms with E-state index in [0.717, 1.165) is 4.88 Å². The molecule has 0 aliphatic heterocycles. The van der Waals surface area contributed by atoms with Crippen LogP contribution in [0.5, 0.6) is 11.5 Å². The van der Waals surface area contributed by atoms with E-state index in [0.29, 0.717) is 34.6 Å². The number of methoxy groups -OCH3 is 2. The lowest BCUT2D eigenvalue weighted by Gasteiger charge is -2.14. The van der Waals surface area contributed by atoms with Crippen molar-refractivity contribution in [1.82, 2.24) is 9.97 Å². The number of benzene rings is 1. The molecule has 118 valence electrons. The molecule has 23 heavy (non-hydrogen) atoms. The van der Waals surface area contributed by atoms with E-state index >= 15 is 0 Å². The van der Waals surface area contributed by atoms with E-state index in [1.54, 1.807) is 36.9 Å². The third-order valence-corrected chi connectivity index (χ3v) is 4.16. The number of carbonyl (C=O) groups excluding carboxylic acids is 1. The molecule has 7 heteroatoms. The Morgan fingerprint density at radius 1 is 1.22 bits per heavy atom. The SMILES string of the molecule is COc1cc(NC(=O)Cc2cccs2)c(OC)c2nccnc12. The molecule has 0 bridgehead atoms. The summed E-state index contributed by atoms with van der Waals surface area (Å²) in [5, 5.41) is 4.80. The number of thiophene rings is 1. The third-order valence-electron chi connectivity index (χ3n) is 3.28. The highest BCUT2D eigenvalue weighted by Gasteiger charge is 2.17. The smallest absolute Gasteiger partial charge is 0.229 e. The lowest BCUT2D eigenvalue weighted by atomic mass is 10.2. The van der Waals surface area contributed by atoms with Gasteiger partial charge in [-0.3, -0.25) is 4.79 Å². The molecule has 0 fully saturated rings. The second-order valence-corrected chi connectivity index (χ2v) is 5.75. The second kappa shape index (κ2) is 6.62. The highest BCUT2D eigenvalue weighted by molar-refractivity contribution is 7.10. The molecule has 6 nitrogen and oxygen atoms in total. The quantitative estimate of drug-likeness (QED) is 0.779. The van der Waals surface area contributed by atoms with Gasteiger partial charge in [-0.1, -0.05) is 6.07 Å². The summed E-state index contributed by atoms with van der Waals surface area (Å²) in [7, 11) is 3.08. The van der Waals surface area contributed by atoms with E-state index in [-0.39, 0.29) is 5.91 Å². The fraction of sp³-hybridized carbons (Fsp3) is 0.188. The molecule has 3 aromatic rings. The van der Waals surface area contributed by atoms with Gasteiger partial charge in [-0.05, 0) is 11.4 Å². The molecule has 3 rings (SSSR count). The largest absolute Gasteiger partial charge is 0.494 e. The summed E-state index contributed by atoms with van der Waals surface area (Å²) >= 11 is 1.54. The van der Waals surface area contributed by atoms with Gasteiger partial charge < -0.3 is 14.8 Å². The summed E-state index contributed by atoms with van der Waals surface area (Å²) in [6, 6.07) is 5.54. The molecule has 0 aliphatic rings. The maximum absolute atomic E-state index is 12.2. The number of carbonyl (C=O) groups is 1. The highest BCUT2D eigenvalue weighted by atomic mass is 32.1. The van der Waals surface area contributed by atoms with Crippen molar-refractivity contribution in [3.8, 4) is 11.5 Å². The number of amides is 1. The first-order chi connectivity index (χ1) is 11.2. The van der Waals surface area contributed by atoms with Crippen LogP contribution in [0, 0.1) is 0 Å². The molecule has 1 aromatic carbocycles. The number of anilines is 1. The van der Waals surface area contributed by atoms with Gasteiger partial charge in [0.15, 0.2) is 5.75 Å². The third kappa shape index (κ3) is 3.09. The van der Waals surface area contributed by atoms with E-state index in [2.05, 4.69) is 15.3 Å². The van der Waals surface area contributed by atoms with Gasteiger partial charge in [0.2, 0.25) is 5.91 Å². The zero-order valence-electron chi connectivity index (χ0n) is 12.7. The minimum absolute atomic E-state index is 0.129. The van der Waals surface area contributed by atoms with Crippen molar-refractivity contribution in [3.63, 3.8) is 0 Å². The normalized spacial score (nSPS) is 10.5. The molecule has 0 saturated heterocycles. The fourth-order valence-electron chi connectivity index (χ4n) is 2.30. The Kier molecular flexibility index (Phi) is 4.38. The van der Waals surface area contributed by atoms with Gasteiger partial charge in [-0.2, -0.15) is 0 Å². The summed E-state index contributed by atoms with van der Waals surface area (Å²) in [5.74, 6) is 0.866. The monoisotopic (exact) mass is 329 g/mol. The Morgan fingerprint density at radius 2 is 2.00 bits per heavy atom. The van der Waals surface area contributed by atoms with Crippen LogP contribution in [-0.4, -0.2) is 30.1 Å². The summed E-state index contributed by atoms with van der Waals surface area (Å²) in [4.78, 5) is 21.8. The average Bonchev–Trinajstić information content (AvgIpc) is 3.06. The Bertz CT molecular complexity index is 834. The number of nitrogens with one attached hydrogen (secondary N) is 1. The van der Waals surface area contributed by atoms with Gasteiger partial charge >= 0.3 is 0 Å². The van der Waals surface area contributed by atoms with Crippen molar-refractivity contribution in [2.75, 3.05) is 19.5 Å². The number of fused-ring (bicyclic) bond motifs is 1. The number of rotatable bonds is 5. The van der Waals surface area contributed by atoms with Crippen LogP contribution in [0.2, 0.25) is 0 Å². The Morgan fingerprint density at radius 3 is 2.65 bits per heavy atom. The predicted octanol–water partition coefficient (Wildman–Crippen LogP) is 2.89. The van der Waals surface area contributed by atoms with Gasteiger partial charge in [0.1, 0.15) is 16.8 Å². The Hall–Kier alpha value is -2.67. The van der Waals surface area contributed by atoms with E-state index in [4.69, 9.17) is 9.47 Å². The lowest BCUT2D eigenvalue weighted by molar-refractivity contribution is -0.115. The topological polar surface area (TPSA) is 73.3 Å². The van der Waals surface area contributed by atoms with Crippen molar-refractivity contribution in [3.05, 3.63) is 40.8 Å². The zero-order chi connectivity index (χ0) is 16.2. The molecule has 0 saturated carbocycles. The van der Waals surface area contributed by atoms with Crippen molar-refractivity contribution in [1.29, 1.82) is 0 Å². The van der Waals surface area contributed by atoms with Gasteiger partial charge in [0, 0.05) is 23.3 Å². The van der Waals surface area contributed by atoms with Crippen molar-refractivity contribution < 1.29 is 14.3 Å². The van der Waals surface area contributed by atoms with E-state index in [1.807, 2.05) is 17.5 Å². The first-order valence-corrected chi connectivity index (χ1v) is 7.79. The van der Waals surface area contributed by atoms with Crippen LogP contribution in [0.3, 0.4) is 0 Å². The molecule has 1 N–H and O–H groups in total. The molecule has 0 spiro atoms.